The van der Waals surface area contributed by atoms with Gasteiger partial charge in [0.05, 0.1) is 12.1 Å². The Morgan fingerprint density at radius 3 is 3.00 bits per heavy atom. The van der Waals surface area contributed by atoms with Crippen LogP contribution in [0.5, 0.6) is 0 Å². The Bertz CT molecular complexity index is 566. The normalized spacial score (nSPS) is 22.6. The molecule has 0 amide bonds. The van der Waals surface area contributed by atoms with Crippen molar-refractivity contribution in [1.29, 1.82) is 0 Å². The van der Waals surface area contributed by atoms with E-state index in [9.17, 15) is 0 Å². The number of anilines is 1. The van der Waals surface area contributed by atoms with Crippen LogP contribution in [0.3, 0.4) is 0 Å². The summed E-state index contributed by atoms with van der Waals surface area (Å²) < 4.78 is 5.56. The Hall–Kier alpha value is -1.88. The number of H-pyrrole nitrogens is 1. The van der Waals surface area contributed by atoms with Crippen molar-refractivity contribution in [2.75, 3.05) is 11.9 Å². The van der Waals surface area contributed by atoms with Gasteiger partial charge in [-0.15, -0.1) is 0 Å². The van der Waals surface area contributed by atoms with Crippen LogP contribution in [0, 0.1) is 6.92 Å². The number of ether oxygens (including phenoxy) is 1. The topological polar surface area (TPSA) is 62.8 Å². The molecule has 100 valence electrons. The number of nitrogens with one attached hydrogen (secondary N) is 2. The Morgan fingerprint density at radius 1 is 1.42 bits per heavy atom. The smallest absolute Gasteiger partial charge is 0.181 e. The van der Waals surface area contributed by atoms with Gasteiger partial charge in [-0.1, -0.05) is 12.1 Å². The molecule has 0 radical (unpaired) electrons. The summed E-state index contributed by atoms with van der Waals surface area (Å²) in [5.74, 6) is 1.56. The molecule has 2 unspecified atom stereocenters. The fourth-order valence-corrected chi connectivity index (χ4v) is 2.36. The number of hydrogen-bond donors (Lipinski definition) is 2. The van der Waals surface area contributed by atoms with Crippen LogP contribution in [0.2, 0.25) is 0 Å². The number of aryl methyl sites for hydroxylation is 1. The molecule has 0 saturated carbocycles. The Morgan fingerprint density at radius 2 is 2.32 bits per heavy atom. The maximum atomic E-state index is 5.56. The third-order valence-electron chi connectivity index (χ3n) is 3.45. The highest BCUT2D eigenvalue weighted by molar-refractivity contribution is 5.62. The molecule has 0 bridgehead atoms. The lowest BCUT2D eigenvalue weighted by molar-refractivity contribution is 0.121. The van der Waals surface area contributed by atoms with E-state index < -0.39 is 0 Å². The standard InChI is InChI=1S/C14H18N4O/c1-9-13(6-7-19-9)16-12-5-3-4-11(8-12)14-15-10(2)17-18-14/h3-5,8-9,13,16H,6-7H2,1-2H3,(H,15,17,18). The fourth-order valence-electron chi connectivity index (χ4n) is 2.36. The quantitative estimate of drug-likeness (QED) is 0.887. The predicted molar refractivity (Wildman–Crippen MR) is 74.0 cm³/mol. The van der Waals surface area contributed by atoms with Crippen molar-refractivity contribution < 1.29 is 4.74 Å². The summed E-state index contributed by atoms with van der Waals surface area (Å²) >= 11 is 0. The number of rotatable bonds is 3. The van der Waals surface area contributed by atoms with Crippen LogP contribution in [0.25, 0.3) is 11.4 Å². The number of aromatic amines is 1. The molecular weight excluding hydrogens is 240 g/mol. The van der Waals surface area contributed by atoms with Gasteiger partial charge in [-0.05, 0) is 32.4 Å². The van der Waals surface area contributed by atoms with Crippen LogP contribution in [0.15, 0.2) is 24.3 Å². The van der Waals surface area contributed by atoms with Gasteiger partial charge in [-0.2, -0.15) is 5.10 Å². The minimum Gasteiger partial charge on any atom is -0.380 e. The first-order chi connectivity index (χ1) is 9.22. The largest absolute Gasteiger partial charge is 0.380 e. The second-order valence-corrected chi connectivity index (χ2v) is 4.94. The molecule has 1 aliphatic heterocycles. The molecule has 0 spiro atoms. The summed E-state index contributed by atoms with van der Waals surface area (Å²) in [6.07, 6.45) is 1.31. The van der Waals surface area contributed by atoms with Crippen molar-refractivity contribution >= 4 is 5.69 Å². The summed E-state index contributed by atoms with van der Waals surface area (Å²) in [7, 11) is 0. The lowest BCUT2D eigenvalue weighted by Gasteiger charge is -2.17. The molecule has 2 N–H and O–H groups in total. The zero-order chi connectivity index (χ0) is 13.2. The van der Waals surface area contributed by atoms with Crippen LogP contribution < -0.4 is 5.32 Å². The summed E-state index contributed by atoms with van der Waals surface area (Å²) in [5.41, 5.74) is 2.10. The highest BCUT2D eigenvalue weighted by atomic mass is 16.5. The first-order valence-electron chi connectivity index (χ1n) is 6.60. The molecule has 1 aliphatic rings. The van der Waals surface area contributed by atoms with Crippen molar-refractivity contribution in [2.45, 2.75) is 32.4 Å². The number of aromatic nitrogens is 3. The number of hydrogen-bond acceptors (Lipinski definition) is 4. The summed E-state index contributed by atoms with van der Waals surface area (Å²) in [4.78, 5) is 4.35. The van der Waals surface area contributed by atoms with Crippen molar-refractivity contribution in [3.05, 3.63) is 30.1 Å². The SMILES string of the molecule is Cc1nc(-c2cccc(NC3CCOC3C)c2)n[nH]1. The summed E-state index contributed by atoms with van der Waals surface area (Å²) in [6, 6.07) is 8.55. The second kappa shape index (κ2) is 5.01. The maximum Gasteiger partial charge on any atom is 0.181 e. The first kappa shape index (κ1) is 12.2. The zero-order valence-electron chi connectivity index (χ0n) is 11.2. The van der Waals surface area contributed by atoms with E-state index >= 15 is 0 Å². The lowest BCUT2D eigenvalue weighted by Crippen LogP contribution is -2.26. The lowest BCUT2D eigenvalue weighted by atomic mass is 10.1. The van der Waals surface area contributed by atoms with E-state index in [0.717, 1.165) is 35.9 Å². The van der Waals surface area contributed by atoms with Gasteiger partial charge in [0.15, 0.2) is 5.82 Å². The molecule has 3 rings (SSSR count). The minimum atomic E-state index is 0.259. The molecule has 1 fully saturated rings. The van der Waals surface area contributed by atoms with Crippen LogP contribution in [0.1, 0.15) is 19.2 Å². The van der Waals surface area contributed by atoms with Gasteiger partial charge in [0, 0.05) is 17.9 Å². The van der Waals surface area contributed by atoms with Crippen molar-refractivity contribution in [1.82, 2.24) is 15.2 Å². The molecule has 2 heterocycles. The molecule has 1 aromatic heterocycles. The van der Waals surface area contributed by atoms with E-state index in [1.54, 1.807) is 0 Å². The second-order valence-electron chi connectivity index (χ2n) is 4.94. The molecule has 0 aliphatic carbocycles. The van der Waals surface area contributed by atoms with E-state index in [1.807, 2.05) is 19.1 Å². The van der Waals surface area contributed by atoms with Crippen molar-refractivity contribution in [3.8, 4) is 11.4 Å². The monoisotopic (exact) mass is 258 g/mol. The van der Waals surface area contributed by atoms with E-state index in [4.69, 9.17) is 4.74 Å². The molecule has 2 atom stereocenters. The van der Waals surface area contributed by atoms with Gasteiger partial charge in [-0.3, -0.25) is 5.10 Å². The third kappa shape index (κ3) is 2.61. The third-order valence-corrected chi connectivity index (χ3v) is 3.45. The predicted octanol–water partition coefficient (Wildman–Crippen LogP) is 2.37. The summed E-state index contributed by atoms with van der Waals surface area (Å²) in [6.45, 7) is 4.84. The van der Waals surface area contributed by atoms with Gasteiger partial charge in [0.25, 0.3) is 0 Å². The van der Waals surface area contributed by atoms with Crippen LogP contribution in [0.4, 0.5) is 5.69 Å². The Kier molecular flexibility index (Phi) is 3.21. The molecule has 1 aromatic carbocycles. The van der Waals surface area contributed by atoms with Crippen LogP contribution >= 0.6 is 0 Å². The number of nitrogens with zero attached hydrogens (tertiary/aromatic N) is 2. The van der Waals surface area contributed by atoms with Gasteiger partial charge < -0.3 is 10.1 Å². The summed E-state index contributed by atoms with van der Waals surface area (Å²) in [5, 5.41) is 10.6. The first-order valence-corrected chi connectivity index (χ1v) is 6.60. The molecule has 5 nitrogen and oxygen atoms in total. The van der Waals surface area contributed by atoms with Gasteiger partial charge in [0.2, 0.25) is 0 Å². The van der Waals surface area contributed by atoms with E-state index in [2.05, 4.69) is 39.6 Å². The Labute approximate surface area is 112 Å². The highest BCUT2D eigenvalue weighted by Crippen LogP contribution is 2.23. The number of benzene rings is 1. The van der Waals surface area contributed by atoms with Gasteiger partial charge in [0.1, 0.15) is 5.82 Å². The highest BCUT2D eigenvalue weighted by Gasteiger charge is 2.23. The average molecular weight is 258 g/mol. The van der Waals surface area contributed by atoms with E-state index in [-0.39, 0.29) is 6.10 Å². The molecule has 5 heteroatoms. The molecule has 1 saturated heterocycles. The Balaban J connectivity index is 1.80. The minimum absolute atomic E-state index is 0.259. The van der Waals surface area contributed by atoms with Crippen LogP contribution in [-0.4, -0.2) is 33.9 Å². The van der Waals surface area contributed by atoms with E-state index in [1.165, 1.54) is 0 Å². The van der Waals surface area contributed by atoms with Crippen LogP contribution in [-0.2, 0) is 4.74 Å². The van der Waals surface area contributed by atoms with Crippen molar-refractivity contribution in [3.63, 3.8) is 0 Å². The van der Waals surface area contributed by atoms with Gasteiger partial charge >= 0.3 is 0 Å². The van der Waals surface area contributed by atoms with Gasteiger partial charge in [-0.25, -0.2) is 4.98 Å². The maximum absolute atomic E-state index is 5.56. The average Bonchev–Trinajstić information content (AvgIpc) is 3.00. The molecular formula is C14H18N4O. The molecule has 19 heavy (non-hydrogen) atoms. The van der Waals surface area contributed by atoms with E-state index in [0.29, 0.717) is 6.04 Å². The molecule has 2 aromatic rings. The fraction of sp³-hybridized carbons (Fsp3) is 0.429. The van der Waals surface area contributed by atoms with Crippen molar-refractivity contribution in [2.24, 2.45) is 0 Å². The zero-order valence-corrected chi connectivity index (χ0v) is 11.2.